The highest BCUT2D eigenvalue weighted by Gasteiger charge is 2.06. The molecule has 0 radical (unpaired) electrons. The van der Waals surface area contributed by atoms with Crippen molar-refractivity contribution in [1.29, 1.82) is 0 Å². The van der Waals surface area contributed by atoms with E-state index in [4.69, 9.17) is 4.74 Å². The van der Waals surface area contributed by atoms with Gasteiger partial charge in [-0.2, -0.15) is 0 Å². The summed E-state index contributed by atoms with van der Waals surface area (Å²) in [7, 11) is 1.69. The summed E-state index contributed by atoms with van der Waals surface area (Å²) in [6, 6.07) is 4.04. The number of hydrogen-bond acceptors (Lipinski definition) is 3. The third-order valence-electron chi connectivity index (χ3n) is 1.99. The lowest BCUT2D eigenvalue weighted by molar-refractivity contribution is 0.427. The van der Waals surface area contributed by atoms with Crippen LogP contribution in [0.15, 0.2) is 22.7 Å². The number of allylic oxidation sites excluding steroid dienone is 1. The Morgan fingerprint density at radius 1 is 1.38 bits per heavy atom. The Bertz CT molecular complexity index is 398. The molecule has 0 bridgehead atoms. The maximum atomic E-state index is 5.19. The molecule has 0 aliphatic heterocycles. The molecule has 0 saturated carbocycles. The standard InChI is InChI=1S/C13H19NOS/c1-9(2)8-14-13(10(3)4)11-6-7-12(15-5)16-11/h6-9H,1-5H3. The van der Waals surface area contributed by atoms with E-state index in [0.29, 0.717) is 5.92 Å². The summed E-state index contributed by atoms with van der Waals surface area (Å²) in [6.45, 7) is 8.42. The van der Waals surface area contributed by atoms with Crippen LogP contribution < -0.4 is 4.74 Å². The van der Waals surface area contributed by atoms with Crippen LogP contribution in [-0.2, 0) is 0 Å². The Morgan fingerprint density at radius 2 is 2.06 bits per heavy atom. The van der Waals surface area contributed by atoms with Crippen LogP contribution in [0.5, 0.6) is 5.06 Å². The second-order valence-electron chi connectivity index (χ2n) is 4.19. The fraction of sp³-hybridized carbons (Fsp3) is 0.462. The first-order chi connectivity index (χ1) is 7.54. The summed E-state index contributed by atoms with van der Waals surface area (Å²) in [5.74, 6) is 0.469. The van der Waals surface area contributed by atoms with Gasteiger partial charge in [0.15, 0.2) is 5.06 Å². The van der Waals surface area contributed by atoms with Gasteiger partial charge in [-0.1, -0.05) is 25.2 Å². The van der Waals surface area contributed by atoms with E-state index in [0.717, 1.165) is 15.6 Å². The topological polar surface area (TPSA) is 21.6 Å². The second-order valence-corrected chi connectivity index (χ2v) is 5.24. The number of ether oxygens (including phenoxy) is 1. The molecule has 0 aliphatic carbocycles. The largest absolute Gasteiger partial charge is 0.487 e. The zero-order valence-corrected chi connectivity index (χ0v) is 11.4. The summed E-state index contributed by atoms with van der Waals surface area (Å²) in [6.07, 6.45) is 1.98. The van der Waals surface area contributed by atoms with E-state index in [-0.39, 0.29) is 0 Å². The monoisotopic (exact) mass is 237 g/mol. The minimum absolute atomic E-state index is 0.469. The Morgan fingerprint density at radius 3 is 2.50 bits per heavy atom. The molecule has 0 N–H and O–H groups in total. The summed E-state index contributed by atoms with van der Waals surface area (Å²) in [4.78, 5) is 5.71. The number of nitrogens with zero attached hydrogens (tertiary/aromatic N) is 1. The summed E-state index contributed by atoms with van der Waals surface area (Å²) in [5.41, 5.74) is 2.28. The van der Waals surface area contributed by atoms with Gasteiger partial charge < -0.3 is 4.74 Å². The van der Waals surface area contributed by atoms with Gasteiger partial charge in [-0.3, -0.25) is 4.99 Å². The first kappa shape index (κ1) is 13.0. The van der Waals surface area contributed by atoms with Crippen LogP contribution in [0.2, 0.25) is 0 Å². The predicted octanol–water partition coefficient (Wildman–Crippen LogP) is 4.23. The molecule has 0 saturated heterocycles. The molecule has 0 spiro atoms. The molecule has 0 unspecified atom stereocenters. The zero-order valence-electron chi connectivity index (χ0n) is 10.6. The van der Waals surface area contributed by atoms with Crippen LogP contribution in [0.25, 0.3) is 5.70 Å². The molecule has 1 heterocycles. The Balaban J connectivity index is 3.00. The highest BCUT2D eigenvalue weighted by Crippen LogP contribution is 2.31. The lowest BCUT2D eigenvalue weighted by Crippen LogP contribution is -1.89. The van der Waals surface area contributed by atoms with E-state index in [2.05, 4.69) is 38.8 Å². The van der Waals surface area contributed by atoms with Gasteiger partial charge in [0.1, 0.15) is 0 Å². The van der Waals surface area contributed by atoms with Crippen molar-refractivity contribution >= 4 is 23.2 Å². The highest BCUT2D eigenvalue weighted by molar-refractivity contribution is 7.14. The van der Waals surface area contributed by atoms with E-state index in [1.54, 1.807) is 18.4 Å². The van der Waals surface area contributed by atoms with Gasteiger partial charge in [0.05, 0.1) is 17.7 Å². The molecule has 3 heteroatoms. The van der Waals surface area contributed by atoms with Crippen molar-refractivity contribution in [2.45, 2.75) is 27.7 Å². The number of hydrogen-bond donors (Lipinski definition) is 0. The molecular formula is C13H19NOS. The van der Waals surface area contributed by atoms with E-state index in [1.807, 2.05) is 12.3 Å². The van der Waals surface area contributed by atoms with Gasteiger partial charge in [0.2, 0.25) is 0 Å². The zero-order chi connectivity index (χ0) is 12.1. The number of thiophene rings is 1. The number of methoxy groups -OCH3 is 1. The molecule has 0 aliphatic rings. The SMILES string of the molecule is COc1ccc(C(N=CC(C)C)=C(C)C)s1. The van der Waals surface area contributed by atoms with E-state index in [9.17, 15) is 0 Å². The average molecular weight is 237 g/mol. The number of aliphatic imine (C=N–C) groups is 1. The normalized spacial score (nSPS) is 11.1. The summed E-state index contributed by atoms with van der Waals surface area (Å²) in [5, 5.41) is 0.925. The van der Waals surface area contributed by atoms with Gasteiger partial charge >= 0.3 is 0 Å². The molecule has 2 nitrogen and oxygen atoms in total. The number of rotatable bonds is 4. The third-order valence-corrected chi connectivity index (χ3v) is 3.04. The summed E-state index contributed by atoms with van der Waals surface area (Å²) >= 11 is 1.63. The van der Waals surface area contributed by atoms with Crippen LogP contribution >= 0.6 is 11.3 Å². The van der Waals surface area contributed by atoms with Crippen LogP contribution in [0.3, 0.4) is 0 Å². The molecule has 1 aromatic heterocycles. The van der Waals surface area contributed by atoms with Gasteiger partial charge in [0, 0.05) is 6.21 Å². The molecule has 0 aromatic carbocycles. The maximum absolute atomic E-state index is 5.19. The minimum Gasteiger partial charge on any atom is -0.487 e. The minimum atomic E-state index is 0.469. The van der Waals surface area contributed by atoms with Crippen LogP contribution in [0.4, 0.5) is 0 Å². The molecule has 88 valence electrons. The molecule has 16 heavy (non-hydrogen) atoms. The van der Waals surface area contributed by atoms with Crippen molar-refractivity contribution in [3.8, 4) is 5.06 Å². The van der Waals surface area contributed by atoms with Crippen molar-refractivity contribution < 1.29 is 4.74 Å². The first-order valence-corrected chi connectivity index (χ1v) is 6.22. The molecule has 0 fully saturated rings. The molecule has 1 rings (SSSR count). The first-order valence-electron chi connectivity index (χ1n) is 5.40. The molecule has 1 aromatic rings. The highest BCUT2D eigenvalue weighted by atomic mass is 32.1. The molecule has 0 atom stereocenters. The predicted molar refractivity (Wildman–Crippen MR) is 72.5 cm³/mol. The quantitative estimate of drug-likeness (QED) is 0.718. The Kier molecular flexibility index (Phi) is 4.74. The van der Waals surface area contributed by atoms with Gasteiger partial charge in [-0.25, -0.2) is 0 Å². The van der Waals surface area contributed by atoms with Crippen molar-refractivity contribution in [2.24, 2.45) is 10.9 Å². The van der Waals surface area contributed by atoms with Gasteiger partial charge in [-0.15, -0.1) is 0 Å². The van der Waals surface area contributed by atoms with Crippen molar-refractivity contribution in [2.75, 3.05) is 7.11 Å². The van der Waals surface area contributed by atoms with Crippen LogP contribution in [-0.4, -0.2) is 13.3 Å². The lowest BCUT2D eigenvalue weighted by atomic mass is 10.2. The van der Waals surface area contributed by atoms with Crippen molar-refractivity contribution in [1.82, 2.24) is 0 Å². The third kappa shape index (κ3) is 3.49. The molecular weight excluding hydrogens is 218 g/mol. The summed E-state index contributed by atoms with van der Waals surface area (Å²) < 4.78 is 5.19. The van der Waals surface area contributed by atoms with Crippen molar-refractivity contribution in [3.63, 3.8) is 0 Å². The maximum Gasteiger partial charge on any atom is 0.173 e. The van der Waals surface area contributed by atoms with Crippen LogP contribution in [0, 0.1) is 5.92 Å². The smallest absolute Gasteiger partial charge is 0.173 e. The fourth-order valence-corrected chi connectivity index (χ4v) is 2.15. The second kappa shape index (κ2) is 5.85. The van der Waals surface area contributed by atoms with E-state index in [1.165, 1.54) is 5.57 Å². The van der Waals surface area contributed by atoms with Gasteiger partial charge in [-0.05, 0) is 37.5 Å². The molecule has 0 amide bonds. The van der Waals surface area contributed by atoms with Gasteiger partial charge in [0.25, 0.3) is 0 Å². The average Bonchev–Trinajstić information content (AvgIpc) is 2.65. The van der Waals surface area contributed by atoms with E-state index < -0.39 is 0 Å². The Hall–Kier alpha value is -1.09. The lowest BCUT2D eigenvalue weighted by Gasteiger charge is -2.02. The van der Waals surface area contributed by atoms with Crippen LogP contribution in [0.1, 0.15) is 32.6 Å². The van der Waals surface area contributed by atoms with Crippen molar-refractivity contribution in [3.05, 3.63) is 22.6 Å². The Labute approximate surface area is 102 Å². The van der Waals surface area contributed by atoms with E-state index >= 15 is 0 Å². The fourth-order valence-electron chi connectivity index (χ4n) is 1.22.